The Morgan fingerprint density at radius 2 is 1.77 bits per heavy atom. The molecule has 3 N–H and O–H groups in total. The molecule has 1 aliphatic rings. The molecule has 0 aliphatic heterocycles. The Morgan fingerprint density at radius 1 is 1.12 bits per heavy atom. The number of nitrogens with two attached hydrogens (primary N) is 1. The van der Waals surface area contributed by atoms with E-state index in [0.717, 1.165) is 16.7 Å². The van der Waals surface area contributed by atoms with Crippen LogP contribution in [0, 0.1) is 5.92 Å². The Kier molecular flexibility index (Phi) is 12.3. The third-order valence-corrected chi connectivity index (χ3v) is 7.41. The first-order valence-electron chi connectivity index (χ1n) is 13.3. The molecule has 1 aliphatic carbocycles. The van der Waals surface area contributed by atoms with Crippen LogP contribution in [0.25, 0.3) is 5.57 Å². The fraction of sp³-hybridized carbons (Fsp3) is 0.607. The van der Waals surface area contributed by atoms with E-state index < -0.39 is 23.2 Å². The molecule has 1 unspecified atom stereocenters. The molecule has 1 heterocycles. The average molecular weight is 688 g/mol. The van der Waals surface area contributed by atoms with Gasteiger partial charge in [-0.2, -0.15) is 0 Å². The van der Waals surface area contributed by atoms with Gasteiger partial charge in [0.15, 0.2) is 0 Å². The lowest BCUT2D eigenvalue weighted by Gasteiger charge is -2.28. The number of rotatable bonds is 10. The number of thioether (sulfide) groups is 1. The van der Waals surface area contributed by atoms with Gasteiger partial charge in [-0.05, 0) is 85.4 Å². The smallest absolute Gasteiger partial charge is 0.419 e. The molecule has 0 spiro atoms. The van der Waals surface area contributed by atoms with Crippen LogP contribution in [0.4, 0.5) is 10.7 Å². The quantitative estimate of drug-likeness (QED) is 0.0791. The van der Waals surface area contributed by atoms with Crippen LogP contribution >= 0.6 is 34.6 Å². The van der Waals surface area contributed by atoms with E-state index in [1.165, 1.54) is 14.9 Å². The van der Waals surface area contributed by atoms with Gasteiger partial charge < -0.3 is 20.5 Å². The standard InChI is InChI=1S/C28H42IN5O5S/c1-17-14-18(2)20(24(36)38-27(3,4)5)15-19(17)21-16-23(33-25(30)32-21)40-13-10-22(35)31-11-9-12-34(29)26(37)39-28(6,7)8/h14,16,20H,9-13,15H2,1-8H3,(H,31,35)(H2,30,32,33). The molecule has 1 atom stereocenters. The van der Waals surface area contributed by atoms with Crippen LogP contribution < -0.4 is 11.1 Å². The Hall–Kier alpha value is -2.35. The van der Waals surface area contributed by atoms with Gasteiger partial charge in [0.25, 0.3) is 0 Å². The monoisotopic (exact) mass is 687 g/mol. The van der Waals surface area contributed by atoms with Crippen molar-refractivity contribution in [1.29, 1.82) is 0 Å². The second kappa shape index (κ2) is 14.5. The van der Waals surface area contributed by atoms with E-state index in [4.69, 9.17) is 15.2 Å². The molecule has 1 aromatic heterocycles. The largest absolute Gasteiger partial charge is 0.459 e. The summed E-state index contributed by atoms with van der Waals surface area (Å²) in [6.07, 6.45) is 2.97. The highest BCUT2D eigenvalue weighted by atomic mass is 127. The number of amides is 2. The number of aromatic nitrogens is 2. The minimum absolute atomic E-state index is 0.0846. The van der Waals surface area contributed by atoms with Crippen LogP contribution in [0.1, 0.15) is 80.3 Å². The predicted octanol–water partition coefficient (Wildman–Crippen LogP) is 5.72. The first-order chi connectivity index (χ1) is 18.4. The summed E-state index contributed by atoms with van der Waals surface area (Å²) in [5, 5.41) is 3.54. The number of nitrogens with one attached hydrogen (secondary N) is 1. The van der Waals surface area contributed by atoms with E-state index in [9.17, 15) is 14.4 Å². The number of halogens is 1. The van der Waals surface area contributed by atoms with Crippen LogP contribution in [-0.2, 0) is 19.1 Å². The molecule has 222 valence electrons. The van der Waals surface area contributed by atoms with Crippen molar-refractivity contribution in [2.75, 3.05) is 24.6 Å². The van der Waals surface area contributed by atoms with Crippen molar-refractivity contribution < 1.29 is 23.9 Å². The third-order valence-electron chi connectivity index (χ3n) is 5.62. The highest BCUT2D eigenvalue weighted by Crippen LogP contribution is 2.36. The maximum Gasteiger partial charge on any atom is 0.419 e. The number of esters is 1. The number of hydrogen-bond donors (Lipinski definition) is 2. The van der Waals surface area contributed by atoms with Crippen molar-refractivity contribution in [3.8, 4) is 0 Å². The summed E-state index contributed by atoms with van der Waals surface area (Å²) >= 11 is 3.34. The summed E-state index contributed by atoms with van der Waals surface area (Å²) in [6, 6.07) is 1.85. The Labute approximate surface area is 255 Å². The van der Waals surface area contributed by atoms with Crippen molar-refractivity contribution in [1.82, 2.24) is 18.4 Å². The van der Waals surface area contributed by atoms with Gasteiger partial charge in [0.1, 0.15) is 16.2 Å². The van der Waals surface area contributed by atoms with Crippen LogP contribution in [0.3, 0.4) is 0 Å². The van der Waals surface area contributed by atoms with Crippen molar-refractivity contribution in [3.63, 3.8) is 0 Å². The number of carbonyl (C=O) groups is 3. The van der Waals surface area contributed by atoms with Gasteiger partial charge in [-0.15, -0.1) is 11.8 Å². The first kappa shape index (κ1) is 33.9. The van der Waals surface area contributed by atoms with E-state index in [0.29, 0.717) is 48.8 Å². The molecule has 0 bridgehead atoms. The van der Waals surface area contributed by atoms with Gasteiger partial charge in [-0.25, -0.2) is 17.9 Å². The molecule has 0 saturated heterocycles. The van der Waals surface area contributed by atoms with Gasteiger partial charge in [0, 0.05) is 25.3 Å². The van der Waals surface area contributed by atoms with E-state index in [1.807, 2.05) is 90.4 Å². The molecular weight excluding hydrogens is 645 g/mol. The van der Waals surface area contributed by atoms with E-state index in [-0.39, 0.29) is 17.8 Å². The molecule has 0 fully saturated rings. The molecule has 40 heavy (non-hydrogen) atoms. The lowest BCUT2D eigenvalue weighted by Crippen LogP contribution is -2.33. The van der Waals surface area contributed by atoms with E-state index in [2.05, 4.69) is 15.3 Å². The molecule has 1 aromatic rings. The fourth-order valence-electron chi connectivity index (χ4n) is 3.86. The van der Waals surface area contributed by atoms with Crippen LogP contribution in [0.5, 0.6) is 0 Å². The summed E-state index contributed by atoms with van der Waals surface area (Å²) in [6.45, 7) is 15.9. The molecule has 0 radical (unpaired) electrons. The number of allylic oxidation sites excluding steroid dienone is 3. The van der Waals surface area contributed by atoms with Gasteiger partial charge in [-0.3, -0.25) is 9.59 Å². The van der Waals surface area contributed by atoms with E-state index >= 15 is 0 Å². The number of hydrogen-bond acceptors (Lipinski definition) is 9. The average Bonchev–Trinajstić information content (AvgIpc) is 2.79. The summed E-state index contributed by atoms with van der Waals surface area (Å²) in [5.74, 6) is -0.0885. The maximum atomic E-state index is 12.8. The molecule has 0 saturated carbocycles. The maximum absolute atomic E-state index is 12.8. The molecular formula is C28H42IN5O5S. The minimum atomic E-state index is -0.570. The van der Waals surface area contributed by atoms with Crippen molar-refractivity contribution >= 4 is 64.1 Å². The van der Waals surface area contributed by atoms with E-state index in [1.54, 1.807) is 0 Å². The number of anilines is 1. The van der Waals surface area contributed by atoms with Gasteiger partial charge in [0.2, 0.25) is 11.9 Å². The highest BCUT2D eigenvalue weighted by molar-refractivity contribution is 14.1. The molecule has 10 nitrogen and oxygen atoms in total. The second-order valence-electron chi connectivity index (χ2n) is 11.7. The van der Waals surface area contributed by atoms with Crippen molar-refractivity contribution in [2.45, 2.75) is 90.9 Å². The summed E-state index contributed by atoms with van der Waals surface area (Å²) < 4.78 is 12.4. The first-order valence-corrected chi connectivity index (χ1v) is 15.2. The van der Waals surface area contributed by atoms with Gasteiger partial charge in [0.05, 0.1) is 34.5 Å². The second-order valence-corrected chi connectivity index (χ2v) is 13.9. The lowest BCUT2D eigenvalue weighted by atomic mass is 9.83. The van der Waals surface area contributed by atoms with Crippen LogP contribution in [0.2, 0.25) is 0 Å². The van der Waals surface area contributed by atoms with Crippen LogP contribution in [0.15, 0.2) is 28.3 Å². The predicted molar refractivity (Wildman–Crippen MR) is 167 cm³/mol. The zero-order valence-corrected chi connectivity index (χ0v) is 27.7. The van der Waals surface area contributed by atoms with Crippen molar-refractivity contribution in [2.24, 2.45) is 5.92 Å². The minimum Gasteiger partial charge on any atom is -0.459 e. The fourth-order valence-corrected chi connectivity index (χ4v) is 5.15. The topological polar surface area (TPSA) is 137 Å². The number of ether oxygens (including phenoxy) is 2. The van der Waals surface area contributed by atoms with Crippen LogP contribution in [-0.4, -0.2) is 61.1 Å². The number of carbonyl (C=O) groups excluding carboxylic acids is 3. The lowest BCUT2D eigenvalue weighted by molar-refractivity contribution is -0.158. The normalized spacial score (nSPS) is 15.8. The molecule has 0 aromatic carbocycles. The Balaban J connectivity index is 1.90. The molecule has 2 rings (SSSR count). The third kappa shape index (κ3) is 11.6. The van der Waals surface area contributed by atoms with Gasteiger partial charge >= 0.3 is 12.1 Å². The molecule has 2 amide bonds. The number of nitrogens with zero attached hydrogens (tertiary/aromatic N) is 3. The highest BCUT2D eigenvalue weighted by Gasteiger charge is 2.31. The Morgan fingerprint density at radius 3 is 2.40 bits per heavy atom. The zero-order valence-electron chi connectivity index (χ0n) is 24.7. The Bertz CT molecular complexity index is 1160. The number of nitrogen functional groups attached to an aromatic ring is 1. The summed E-state index contributed by atoms with van der Waals surface area (Å²) in [7, 11) is 0. The SMILES string of the molecule is CC1=CC(C)=C(c2cc(SCCC(=O)NCCCN(I)C(=O)OC(C)(C)C)nc(N)n2)CC1C(=O)OC(C)(C)C. The van der Waals surface area contributed by atoms with Crippen molar-refractivity contribution in [3.05, 3.63) is 29.0 Å². The zero-order chi connectivity index (χ0) is 30.3. The summed E-state index contributed by atoms with van der Waals surface area (Å²) in [5.41, 5.74) is 8.47. The molecule has 12 heteroatoms. The van der Waals surface area contributed by atoms with Gasteiger partial charge in [-0.1, -0.05) is 11.6 Å². The summed E-state index contributed by atoms with van der Waals surface area (Å²) in [4.78, 5) is 45.9.